The molecule has 0 saturated heterocycles. The Hall–Kier alpha value is -6.84. The Bertz CT molecular complexity index is 3180. The molecule has 0 unspecified atom stereocenters. The topological polar surface area (TPSA) is 38.3 Å². The number of hydrogen-bond donors (Lipinski definition) is 1. The molecule has 4 aliphatic rings. The van der Waals surface area contributed by atoms with Gasteiger partial charge in [-0.3, -0.25) is 0 Å². The van der Waals surface area contributed by atoms with E-state index in [0.29, 0.717) is 0 Å². The molecule has 10 aromatic rings. The van der Waals surface area contributed by atoms with Crippen LogP contribution in [0.4, 0.5) is 11.4 Å². The maximum atomic E-state index is 6.70. The van der Waals surface area contributed by atoms with Gasteiger partial charge in [0, 0.05) is 50.0 Å². The van der Waals surface area contributed by atoms with Gasteiger partial charge in [0.1, 0.15) is 22.3 Å². The van der Waals surface area contributed by atoms with Crippen molar-refractivity contribution in [2.75, 3.05) is 5.32 Å². The third-order valence-electron chi connectivity index (χ3n) is 12.4. The summed E-state index contributed by atoms with van der Waals surface area (Å²) < 4.78 is 13.3. The summed E-state index contributed by atoms with van der Waals surface area (Å²) in [7, 11) is 0. The van der Waals surface area contributed by atoms with E-state index in [9.17, 15) is 0 Å². The third kappa shape index (κ3) is 3.32. The van der Waals surface area contributed by atoms with Crippen LogP contribution >= 0.6 is 0 Å². The van der Waals surface area contributed by atoms with Crippen molar-refractivity contribution in [3.63, 3.8) is 0 Å². The number of anilines is 2. The van der Waals surface area contributed by atoms with Crippen molar-refractivity contribution in [2.24, 2.45) is 0 Å². The molecule has 1 N–H and O–H groups in total. The smallest absolute Gasteiger partial charge is 0.143 e. The Morgan fingerprint density at radius 3 is 1.70 bits per heavy atom. The van der Waals surface area contributed by atoms with Gasteiger partial charge in [0.2, 0.25) is 0 Å². The first kappa shape index (κ1) is 27.8. The lowest BCUT2D eigenvalue weighted by Crippen LogP contribution is -2.45. The van der Waals surface area contributed by atoms with Gasteiger partial charge >= 0.3 is 0 Å². The lowest BCUT2D eigenvalue weighted by Gasteiger charge is -2.54. The Labute approximate surface area is 304 Å². The molecular weight excluding hydrogens is 647 g/mol. The highest BCUT2D eigenvalue weighted by molar-refractivity contribution is 6.11. The molecule has 0 saturated carbocycles. The highest BCUT2D eigenvalue weighted by Gasteiger charge is 2.56. The van der Waals surface area contributed by atoms with Crippen LogP contribution in [0.25, 0.3) is 66.1 Å². The average molecular weight is 676 g/mol. The third-order valence-corrected chi connectivity index (χ3v) is 12.4. The zero-order valence-electron chi connectivity index (χ0n) is 28.5. The summed E-state index contributed by atoms with van der Waals surface area (Å²) in [6.07, 6.45) is 0. The monoisotopic (exact) mass is 675 g/mol. The van der Waals surface area contributed by atoms with Gasteiger partial charge in [0.25, 0.3) is 0 Å². The lowest BCUT2D eigenvalue weighted by atomic mass is 9.49. The van der Waals surface area contributed by atoms with E-state index < -0.39 is 5.41 Å². The van der Waals surface area contributed by atoms with E-state index in [2.05, 4.69) is 163 Å². The first-order valence-corrected chi connectivity index (χ1v) is 18.4. The molecule has 0 radical (unpaired) electrons. The Balaban J connectivity index is 1.15. The van der Waals surface area contributed by atoms with Crippen LogP contribution in [0.3, 0.4) is 0 Å². The molecule has 3 heterocycles. The highest BCUT2D eigenvalue weighted by atomic mass is 16.3. The second-order valence-corrected chi connectivity index (χ2v) is 14.8. The molecule has 0 atom stereocenters. The fourth-order valence-electron chi connectivity index (χ4n) is 10.4. The van der Waals surface area contributed by atoms with Crippen LogP contribution in [0.1, 0.15) is 44.9 Å². The first-order valence-electron chi connectivity index (χ1n) is 18.4. The van der Waals surface area contributed by atoms with Gasteiger partial charge in [0.15, 0.2) is 0 Å². The van der Waals surface area contributed by atoms with E-state index in [0.717, 1.165) is 71.9 Å². The molecular formula is C50H29NO2. The van der Waals surface area contributed by atoms with E-state index in [1.807, 2.05) is 6.07 Å². The fourth-order valence-corrected chi connectivity index (χ4v) is 10.4. The van der Waals surface area contributed by atoms with Crippen molar-refractivity contribution >= 4 is 55.3 Å². The van der Waals surface area contributed by atoms with Crippen molar-refractivity contribution in [1.29, 1.82) is 0 Å². The predicted octanol–water partition coefficient (Wildman–Crippen LogP) is 13.1. The van der Waals surface area contributed by atoms with Crippen molar-refractivity contribution in [2.45, 2.75) is 11.3 Å². The molecule has 246 valence electrons. The molecule has 3 heteroatoms. The minimum absolute atomic E-state index is 0.0738. The number of nitrogens with one attached hydrogen (secondary N) is 1. The number of hydrogen-bond acceptors (Lipinski definition) is 3. The standard InChI is InChI=1S/C50H29NO2/c1-5-19-38-36(13-1)45-37-14-2-6-20-39(37)50(38)40-27-28(29-15-9-16-33-30-11-3-7-21-43(30)52-48(29)33)23-25-41(40)51-42-26-24-32(46(45)47(42)50)35-18-10-17-34-31-12-4-8-22-44(31)53-49(34)35/h1-27,45,51H. The van der Waals surface area contributed by atoms with E-state index in [1.165, 1.54) is 44.5 Å². The SMILES string of the molecule is c1ccc2c(c1)C1c3ccccc3C23c2cc(-c4cccc5c4oc4ccccc45)ccc2Nc2ccc(-c4cccc5c4oc4ccccc45)c1c23. The summed E-state index contributed by atoms with van der Waals surface area (Å²) in [4.78, 5) is 0. The maximum absolute atomic E-state index is 6.70. The van der Waals surface area contributed by atoms with Gasteiger partial charge in [-0.25, -0.2) is 0 Å². The minimum atomic E-state index is -0.539. The number of furan rings is 2. The molecule has 53 heavy (non-hydrogen) atoms. The van der Waals surface area contributed by atoms with Gasteiger partial charge in [-0.05, 0) is 80.4 Å². The van der Waals surface area contributed by atoms with Gasteiger partial charge < -0.3 is 14.2 Å². The van der Waals surface area contributed by atoms with Crippen molar-refractivity contribution < 1.29 is 8.83 Å². The van der Waals surface area contributed by atoms with Crippen molar-refractivity contribution in [1.82, 2.24) is 0 Å². The number of para-hydroxylation sites is 4. The summed E-state index contributed by atoms with van der Waals surface area (Å²) >= 11 is 0. The quantitative estimate of drug-likeness (QED) is 0.198. The minimum Gasteiger partial charge on any atom is -0.455 e. The summed E-state index contributed by atoms with van der Waals surface area (Å²) in [6.45, 7) is 0. The number of benzene rings is 8. The molecule has 0 fully saturated rings. The molecule has 3 aliphatic carbocycles. The van der Waals surface area contributed by atoms with Crippen molar-refractivity contribution in [3.05, 3.63) is 203 Å². The Morgan fingerprint density at radius 1 is 0.434 bits per heavy atom. The number of fused-ring (bicyclic) bond motifs is 7. The van der Waals surface area contributed by atoms with Crippen LogP contribution in [0.15, 0.2) is 173 Å². The van der Waals surface area contributed by atoms with Crippen LogP contribution in [0.2, 0.25) is 0 Å². The van der Waals surface area contributed by atoms with E-state index in [-0.39, 0.29) is 5.92 Å². The summed E-state index contributed by atoms with van der Waals surface area (Å²) in [5.41, 5.74) is 19.4. The Morgan fingerprint density at radius 2 is 1.00 bits per heavy atom. The van der Waals surface area contributed by atoms with Crippen LogP contribution in [-0.2, 0) is 5.41 Å². The molecule has 1 aliphatic heterocycles. The van der Waals surface area contributed by atoms with Crippen LogP contribution in [0.5, 0.6) is 0 Å². The fraction of sp³-hybridized carbons (Fsp3) is 0.0400. The zero-order valence-corrected chi connectivity index (χ0v) is 28.5. The Kier molecular flexibility index (Phi) is 5.11. The molecule has 3 nitrogen and oxygen atoms in total. The van der Waals surface area contributed by atoms with Gasteiger partial charge in [-0.1, -0.05) is 133 Å². The van der Waals surface area contributed by atoms with Gasteiger partial charge in [0.05, 0.1) is 5.41 Å². The van der Waals surface area contributed by atoms with E-state index in [1.54, 1.807) is 0 Å². The van der Waals surface area contributed by atoms with Crippen LogP contribution < -0.4 is 5.32 Å². The summed E-state index contributed by atoms with van der Waals surface area (Å²) in [6, 6.07) is 59.8. The van der Waals surface area contributed by atoms with E-state index in [4.69, 9.17) is 8.83 Å². The molecule has 8 aromatic carbocycles. The normalized spacial score (nSPS) is 17.5. The van der Waals surface area contributed by atoms with Gasteiger partial charge in [-0.2, -0.15) is 0 Å². The van der Waals surface area contributed by atoms with E-state index >= 15 is 0 Å². The summed E-state index contributed by atoms with van der Waals surface area (Å²) in [5, 5.41) is 8.52. The average Bonchev–Trinajstić information content (AvgIpc) is 3.80. The molecule has 0 amide bonds. The van der Waals surface area contributed by atoms with Crippen LogP contribution in [-0.4, -0.2) is 0 Å². The highest BCUT2D eigenvalue weighted by Crippen LogP contribution is 2.67. The molecule has 2 bridgehead atoms. The van der Waals surface area contributed by atoms with Crippen LogP contribution in [0, 0.1) is 0 Å². The lowest BCUT2D eigenvalue weighted by molar-refractivity contribution is 0.628. The first-order chi connectivity index (χ1) is 26.3. The summed E-state index contributed by atoms with van der Waals surface area (Å²) in [5.74, 6) is 0.0738. The number of rotatable bonds is 2. The molecule has 2 aromatic heterocycles. The zero-order chi connectivity index (χ0) is 34.4. The molecule has 1 spiro atoms. The second-order valence-electron chi connectivity index (χ2n) is 14.8. The predicted molar refractivity (Wildman–Crippen MR) is 214 cm³/mol. The maximum Gasteiger partial charge on any atom is 0.143 e. The van der Waals surface area contributed by atoms with Crippen molar-refractivity contribution in [3.8, 4) is 22.3 Å². The molecule has 14 rings (SSSR count). The largest absolute Gasteiger partial charge is 0.455 e. The van der Waals surface area contributed by atoms with Gasteiger partial charge in [-0.15, -0.1) is 0 Å². The second kappa shape index (κ2) is 9.73.